The summed E-state index contributed by atoms with van der Waals surface area (Å²) < 4.78 is 44.9. The van der Waals surface area contributed by atoms with Crippen LogP contribution in [0, 0.1) is 5.82 Å². The monoisotopic (exact) mass is 713 g/mol. The first-order valence-electron chi connectivity index (χ1n) is 15.2. The van der Waals surface area contributed by atoms with E-state index in [-0.39, 0.29) is 42.4 Å². The number of fused-ring (bicyclic) bond motifs is 1. The van der Waals surface area contributed by atoms with E-state index in [1.165, 1.54) is 4.31 Å². The van der Waals surface area contributed by atoms with E-state index >= 15 is 0 Å². The molecule has 0 atom stereocenters. The molecule has 1 saturated heterocycles. The van der Waals surface area contributed by atoms with Gasteiger partial charge in [0.1, 0.15) is 11.6 Å². The molecule has 7 rings (SSSR count). The molecule has 0 unspecified atom stereocenters. The molecule has 5 aromatic rings. The Morgan fingerprint density at radius 3 is 1.94 bits per heavy atom. The van der Waals surface area contributed by atoms with Crippen LogP contribution in [0.5, 0.6) is 0 Å². The molecule has 2 fully saturated rings. The number of benzene rings is 4. The Morgan fingerprint density at radius 2 is 1.40 bits per heavy atom. The van der Waals surface area contributed by atoms with Crippen molar-refractivity contribution < 1.29 is 22.7 Å². The summed E-state index contributed by atoms with van der Waals surface area (Å²) in [6.45, 7) is 0.494. The lowest BCUT2D eigenvalue weighted by molar-refractivity contribution is 0.0691. The normalized spacial score (nSPS) is 16.0. The third-order valence-corrected chi connectivity index (χ3v) is 11.4. The zero-order valence-electron chi connectivity index (χ0n) is 25.0. The summed E-state index contributed by atoms with van der Waals surface area (Å²) in [5.74, 6) is -1.19. The minimum absolute atomic E-state index is 0. The number of rotatable bonds is 8. The van der Waals surface area contributed by atoms with Crippen LogP contribution in [0.3, 0.4) is 0 Å². The third-order valence-electron chi connectivity index (χ3n) is 9.02. The highest BCUT2D eigenvalue weighted by atomic mass is 35.5. The minimum atomic E-state index is -4.00. The molecule has 1 N–H and O–H groups in total. The Bertz CT molecular complexity index is 2010. The van der Waals surface area contributed by atoms with Crippen LogP contribution in [0.25, 0.3) is 11.0 Å². The SMILES string of the molecule is Cl.O=C(O)c1ccc(S(=O)(=O)N2CCC(n3c(C4CC4)nc4ccc(C(c5ccc(Cl)cc5)c5ccc(Cl)cc5)cc43)CC2)cc1F. The molecule has 1 saturated carbocycles. The lowest BCUT2D eigenvalue weighted by Crippen LogP contribution is -2.39. The Balaban J connectivity index is 0.00000386. The average Bonchev–Trinajstić information content (AvgIpc) is 3.83. The van der Waals surface area contributed by atoms with Gasteiger partial charge < -0.3 is 9.67 Å². The van der Waals surface area contributed by atoms with Crippen LogP contribution in [0.15, 0.2) is 89.8 Å². The largest absolute Gasteiger partial charge is 0.478 e. The number of carbonyl (C=O) groups is 1. The van der Waals surface area contributed by atoms with Crippen LogP contribution >= 0.6 is 35.6 Å². The smallest absolute Gasteiger partial charge is 0.338 e. The van der Waals surface area contributed by atoms with Crippen LogP contribution < -0.4 is 0 Å². The molecule has 2 aliphatic rings. The Hall–Kier alpha value is -3.47. The molecule has 0 amide bonds. The van der Waals surface area contributed by atoms with Gasteiger partial charge in [-0.05, 0) is 97.0 Å². The number of halogens is 4. The molecule has 7 nitrogen and oxygen atoms in total. The quantitative estimate of drug-likeness (QED) is 0.163. The second-order valence-electron chi connectivity index (χ2n) is 12.0. The summed E-state index contributed by atoms with van der Waals surface area (Å²) in [5.41, 5.74) is 4.62. The summed E-state index contributed by atoms with van der Waals surface area (Å²) in [6.07, 6.45) is 3.25. The topological polar surface area (TPSA) is 92.5 Å². The van der Waals surface area contributed by atoms with Crippen molar-refractivity contribution in [3.63, 3.8) is 0 Å². The van der Waals surface area contributed by atoms with Gasteiger partial charge in [0.15, 0.2) is 0 Å². The first-order chi connectivity index (χ1) is 22.1. The van der Waals surface area contributed by atoms with E-state index in [9.17, 15) is 17.6 Å². The lowest BCUT2D eigenvalue weighted by atomic mass is 9.85. The van der Waals surface area contributed by atoms with E-state index in [0.717, 1.165) is 64.6 Å². The number of hydrogen-bond acceptors (Lipinski definition) is 4. The highest BCUT2D eigenvalue weighted by Gasteiger charge is 2.36. The van der Waals surface area contributed by atoms with Crippen molar-refractivity contribution in [2.24, 2.45) is 0 Å². The molecule has 12 heteroatoms. The molecule has 0 bridgehead atoms. The molecule has 4 aromatic carbocycles. The van der Waals surface area contributed by atoms with Gasteiger partial charge in [-0.1, -0.05) is 53.5 Å². The predicted octanol–water partition coefficient (Wildman–Crippen LogP) is 8.69. The lowest BCUT2D eigenvalue weighted by Gasteiger charge is -2.33. The van der Waals surface area contributed by atoms with Gasteiger partial charge in [-0.2, -0.15) is 4.31 Å². The molecular weight excluding hydrogens is 684 g/mol. The third kappa shape index (κ3) is 6.52. The molecular formula is C35H31Cl3FN3O4S. The maximum Gasteiger partial charge on any atom is 0.338 e. The fourth-order valence-electron chi connectivity index (χ4n) is 6.53. The fraction of sp³-hybridized carbons (Fsp3) is 0.257. The predicted molar refractivity (Wildman–Crippen MR) is 183 cm³/mol. The van der Waals surface area contributed by atoms with Gasteiger partial charge in [0.25, 0.3) is 0 Å². The number of carboxylic acid groups (broad SMARTS) is 1. The molecule has 244 valence electrons. The highest BCUT2D eigenvalue weighted by Crippen LogP contribution is 2.44. The summed E-state index contributed by atoms with van der Waals surface area (Å²) in [7, 11) is -4.00. The first kappa shape index (κ1) is 33.4. The van der Waals surface area contributed by atoms with Crippen LogP contribution in [0.2, 0.25) is 10.0 Å². The Kier molecular flexibility index (Phi) is 9.39. The van der Waals surface area contributed by atoms with Crippen LogP contribution in [-0.4, -0.2) is 46.4 Å². The highest BCUT2D eigenvalue weighted by molar-refractivity contribution is 7.89. The van der Waals surface area contributed by atoms with Gasteiger partial charge in [0.2, 0.25) is 10.0 Å². The maximum absolute atomic E-state index is 14.4. The van der Waals surface area contributed by atoms with Gasteiger partial charge in [0, 0.05) is 41.0 Å². The van der Waals surface area contributed by atoms with E-state index in [1.54, 1.807) is 0 Å². The first-order valence-corrected chi connectivity index (χ1v) is 17.4. The number of imidazole rings is 1. The maximum atomic E-state index is 14.4. The van der Waals surface area contributed by atoms with Crippen LogP contribution in [0.1, 0.15) is 76.4 Å². The number of aromatic carboxylic acids is 1. The number of carboxylic acids is 1. The van der Waals surface area contributed by atoms with E-state index in [2.05, 4.69) is 22.8 Å². The molecule has 0 radical (unpaired) electrons. The van der Waals surface area contributed by atoms with Crippen molar-refractivity contribution in [1.29, 1.82) is 0 Å². The number of aromatic nitrogens is 2. The second kappa shape index (κ2) is 13.2. The summed E-state index contributed by atoms with van der Waals surface area (Å²) in [5, 5.41) is 10.5. The van der Waals surface area contributed by atoms with E-state index < -0.39 is 27.4 Å². The number of piperidine rings is 1. The van der Waals surface area contributed by atoms with Gasteiger partial charge in [-0.15, -0.1) is 12.4 Å². The summed E-state index contributed by atoms with van der Waals surface area (Å²) in [4.78, 5) is 16.0. The van der Waals surface area contributed by atoms with E-state index in [0.29, 0.717) is 28.8 Å². The van der Waals surface area contributed by atoms with E-state index in [1.807, 2.05) is 48.5 Å². The van der Waals surface area contributed by atoms with Gasteiger partial charge in [-0.25, -0.2) is 22.6 Å². The second-order valence-corrected chi connectivity index (χ2v) is 14.8. The number of nitrogens with zero attached hydrogens (tertiary/aromatic N) is 3. The van der Waals surface area contributed by atoms with Crippen molar-refractivity contribution in [3.05, 3.63) is 129 Å². The fourth-order valence-corrected chi connectivity index (χ4v) is 8.26. The van der Waals surface area contributed by atoms with Crippen LogP contribution in [-0.2, 0) is 10.0 Å². The standard InChI is InChI=1S/C35H30Cl2FN3O4S.ClH/c36-25-8-3-21(4-9-25)33(22-5-10-26(37)11-6-22)24-7-14-31-32(19-24)41(34(39-31)23-1-2-23)27-15-17-40(18-16-27)46(44,45)28-12-13-29(35(42)43)30(38)20-28;/h3-14,19-20,23,27,33H,1-2,15-18H2,(H,42,43);1H. The summed E-state index contributed by atoms with van der Waals surface area (Å²) in [6, 6.07) is 25.1. The molecule has 2 heterocycles. The molecule has 1 aliphatic carbocycles. The number of hydrogen-bond donors (Lipinski definition) is 1. The van der Waals surface area contributed by atoms with Gasteiger partial charge in [0.05, 0.1) is 21.5 Å². The van der Waals surface area contributed by atoms with E-state index in [4.69, 9.17) is 33.3 Å². The molecule has 47 heavy (non-hydrogen) atoms. The van der Waals surface area contributed by atoms with Crippen LogP contribution in [0.4, 0.5) is 4.39 Å². The molecule has 1 aliphatic heterocycles. The Labute approximate surface area is 288 Å². The van der Waals surface area contributed by atoms with Crippen molar-refractivity contribution in [2.75, 3.05) is 13.1 Å². The zero-order chi connectivity index (χ0) is 32.2. The Morgan fingerprint density at radius 1 is 0.830 bits per heavy atom. The minimum Gasteiger partial charge on any atom is -0.478 e. The molecule has 1 aromatic heterocycles. The van der Waals surface area contributed by atoms with Crippen molar-refractivity contribution >= 4 is 62.6 Å². The van der Waals surface area contributed by atoms with Crippen molar-refractivity contribution in [2.45, 2.75) is 48.5 Å². The molecule has 0 spiro atoms. The average molecular weight is 715 g/mol. The summed E-state index contributed by atoms with van der Waals surface area (Å²) >= 11 is 12.5. The van der Waals surface area contributed by atoms with Gasteiger partial charge in [-0.3, -0.25) is 0 Å². The van der Waals surface area contributed by atoms with Crippen molar-refractivity contribution in [1.82, 2.24) is 13.9 Å². The van der Waals surface area contributed by atoms with Crippen molar-refractivity contribution in [3.8, 4) is 0 Å². The van der Waals surface area contributed by atoms with Gasteiger partial charge >= 0.3 is 5.97 Å². The zero-order valence-corrected chi connectivity index (χ0v) is 28.2. The number of sulfonamides is 1.